The molecule has 1 aromatic heterocycles. The maximum Gasteiger partial charge on any atom is 0.434 e. The van der Waals surface area contributed by atoms with Gasteiger partial charge in [-0.15, -0.1) is 5.54 Å². The highest BCUT2D eigenvalue weighted by Crippen LogP contribution is 2.39. The van der Waals surface area contributed by atoms with E-state index in [-0.39, 0.29) is 0 Å². The van der Waals surface area contributed by atoms with Gasteiger partial charge in [0.05, 0.1) is 6.20 Å². The van der Waals surface area contributed by atoms with E-state index in [1.165, 1.54) is 0 Å². The van der Waals surface area contributed by atoms with Crippen LogP contribution in [-0.4, -0.2) is 38.8 Å². The molecule has 0 radical (unpaired) electrons. The summed E-state index contributed by atoms with van der Waals surface area (Å²) in [7, 11) is -0.412. The zero-order chi connectivity index (χ0) is 14.4. The largest absolute Gasteiger partial charge is 0.549 e. The molecule has 0 bridgehead atoms. The van der Waals surface area contributed by atoms with Crippen molar-refractivity contribution in [2.24, 2.45) is 4.99 Å². The highest BCUT2D eigenvalue weighted by atomic mass is 79.9. The summed E-state index contributed by atoms with van der Waals surface area (Å²) in [6.45, 7) is 6.56. The molecule has 0 saturated carbocycles. The molecule has 20 heavy (non-hydrogen) atoms. The molecule has 1 unspecified atom stereocenters. The fraction of sp³-hybridized carbons (Fsp3) is 0.364. The van der Waals surface area contributed by atoms with Crippen molar-refractivity contribution in [1.29, 1.82) is 0 Å². The molecule has 5 nitrogen and oxygen atoms in total. The van der Waals surface area contributed by atoms with Gasteiger partial charge < -0.3 is 9.31 Å². The van der Waals surface area contributed by atoms with Gasteiger partial charge in [0.15, 0.2) is 11.4 Å². The molecule has 0 spiro atoms. The Morgan fingerprint density at radius 3 is 2.70 bits per heavy atom. The quantitative estimate of drug-likeness (QED) is 0.449. The van der Waals surface area contributed by atoms with Crippen LogP contribution in [0.25, 0.3) is 0 Å². The fourth-order valence-corrected chi connectivity index (χ4v) is 2.38. The van der Waals surface area contributed by atoms with Crippen molar-refractivity contribution >= 4 is 44.8 Å². The Kier molecular flexibility index (Phi) is 3.27. The van der Waals surface area contributed by atoms with Crippen molar-refractivity contribution in [1.82, 2.24) is 9.97 Å². The molecule has 0 aliphatic carbocycles. The van der Waals surface area contributed by atoms with Gasteiger partial charge in [-0.25, -0.2) is 9.98 Å². The number of rotatable bonds is 2. The van der Waals surface area contributed by atoms with Crippen molar-refractivity contribution in [3.8, 4) is 11.5 Å². The first-order valence-corrected chi connectivity index (χ1v) is 10.6. The van der Waals surface area contributed by atoms with Gasteiger partial charge in [0.1, 0.15) is 24.1 Å². The predicted octanol–water partition coefficient (Wildman–Crippen LogP) is 0.698. The van der Waals surface area contributed by atoms with Gasteiger partial charge in [0, 0.05) is 0 Å². The smallest absolute Gasteiger partial charge is 0.434 e. The monoisotopic (exact) mass is 347 g/mol. The van der Waals surface area contributed by atoms with Crippen LogP contribution in [0.15, 0.2) is 15.8 Å². The van der Waals surface area contributed by atoms with Crippen LogP contribution in [0, 0.1) is 11.5 Å². The van der Waals surface area contributed by atoms with Crippen molar-refractivity contribution in [2.75, 3.05) is 0 Å². The second-order valence-corrected chi connectivity index (χ2v) is 11.3. The first-order chi connectivity index (χ1) is 9.38. The third kappa shape index (κ3) is 3.14. The molecule has 2 aliphatic heterocycles. The molecule has 0 N–H and O–H groups in total. The maximum absolute atomic E-state index is 5.50. The van der Waals surface area contributed by atoms with Crippen LogP contribution in [0.5, 0.6) is 0 Å². The summed E-state index contributed by atoms with van der Waals surface area (Å²) < 4.78 is 11.2. The van der Waals surface area contributed by atoms with Crippen LogP contribution in [0.1, 0.15) is 11.4 Å². The Bertz CT molecular complexity index is 656. The van der Waals surface area contributed by atoms with Crippen molar-refractivity contribution in [2.45, 2.75) is 25.3 Å². The van der Waals surface area contributed by atoms with Gasteiger partial charge in [-0.05, 0) is 15.9 Å². The summed E-state index contributed by atoms with van der Waals surface area (Å²) in [6.07, 6.45) is 1.65. The molecule has 0 aromatic carbocycles. The van der Waals surface area contributed by atoms with Crippen LogP contribution >= 0.6 is 15.9 Å². The van der Waals surface area contributed by atoms with Gasteiger partial charge in [0.2, 0.25) is 0 Å². The van der Waals surface area contributed by atoms with Crippen LogP contribution in [0.2, 0.25) is 19.6 Å². The molecular weight excluding hydrogens is 336 g/mol. The molecule has 3 heterocycles. The first kappa shape index (κ1) is 13.9. The molecule has 2 fully saturated rings. The van der Waals surface area contributed by atoms with E-state index in [0.717, 1.165) is 0 Å². The first-order valence-electron chi connectivity index (χ1n) is 6.30. The minimum Gasteiger partial charge on any atom is -0.549 e. The molecule has 3 rings (SSSR count). The van der Waals surface area contributed by atoms with Crippen molar-refractivity contribution in [3.05, 3.63) is 22.2 Å². The Hall–Kier alpha value is -1.10. The lowest BCUT2D eigenvalue weighted by Crippen LogP contribution is -2.17. The SMILES string of the molecule is C[Si](C)(C)C#Cc1nc(Br)cnc1C1(/N=C2\BO2)BO1. The van der Waals surface area contributed by atoms with Gasteiger partial charge in [0.25, 0.3) is 0 Å². The normalized spacial score (nSPS) is 24.9. The minimum atomic E-state index is -1.48. The topological polar surface area (TPSA) is 63.2 Å². The number of halogens is 1. The van der Waals surface area contributed by atoms with E-state index in [0.29, 0.717) is 36.8 Å². The van der Waals surface area contributed by atoms with Crippen molar-refractivity contribution in [3.63, 3.8) is 0 Å². The Morgan fingerprint density at radius 1 is 1.45 bits per heavy atom. The Balaban J connectivity index is 2.02. The Morgan fingerprint density at radius 2 is 2.15 bits per heavy atom. The number of aromatic nitrogens is 2. The average molecular weight is 348 g/mol. The van der Waals surface area contributed by atoms with Gasteiger partial charge in [-0.3, -0.25) is 4.98 Å². The molecule has 2 saturated heterocycles. The molecule has 9 heteroatoms. The fourth-order valence-electron chi connectivity index (χ4n) is 1.61. The van der Waals surface area contributed by atoms with Gasteiger partial charge in [-0.1, -0.05) is 25.6 Å². The van der Waals surface area contributed by atoms with E-state index in [4.69, 9.17) is 9.31 Å². The number of aliphatic imine (C=N–C) groups is 1. The van der Waals surface area contributed by atoms with Gasteiger partial charge in [-0.2, -0.15) is 0 Å². The zero-order valence-electron chi connectivity index (χ0n) is 11.5. The summed E-state index contributed by atoms with van der Waals surface area (Å²) in [5, 5.41) is 0. The third-order valence-corrected chi connectivity index (χ3v) is 3.92. The third-order valence-electron chi connectivity index (χ3n) is 2.67. The molecule has 2 aliphatic rings. The minimum absolute atomic E-state index is 0.498. The maximum atomic E-state index is 5.50. The number of nitrogens with zero attached hydrogens (tertiary/aromatic N) is 3. The van der Waals surface area contributed by atoms with E-state index in [1.54, 1.807) is 6.20 Å². The van der Waals surface area contributed by atoms with E-state index in [2.05, 4.69) is 62.0 Å². The van der Waals surface area contributed by atoms with Crippen LogP contribution in [0.4, 0.5) is 0 Å². The summed E-state index contributed by atoms with van der Waals surface area (Å²) in [6, 6.07) is 0. The van der Waals surface area contributed by atoms with E-state index < -0.39 is 13.7 Å². The highest BCUT2D eigenvalue weighted by Gasteiger charge is 2.53. The molecule has 1 aromatic rings. The standard InChI is InChI=1S/C11H12B2BrN3O2Si/c1-20(2,3)5-4-7-9(15-6-8(14)16-7)11(13-19-11)17-10-12-18-10/h6,12-13H,1-3H3/b17-10+. The summed E-state index contributed by atoms with van der Waals surface area (Å²) in [4.78, 5) is 13.3. The second-order valence-electron chi connectivity index (χ2n) is 5.76. The highest BCUT2D eigenvalue weighted by molar-refractivity contribution is 9.10. The summed E-state index contributed by atoms with van der Waals surface area (Å²) in [5.41, 5.74) is 3.88. The van der Waals surface area contributed by atoms with Crippen LogP contribution in [0.3, 0.4) is 0 Å². The number of hydrogen-bond donors (Lipinski definition) is 0. The lowest BCUT2D eigenvalue weighted by atomic mass is 9.92. The van der Waals surface area contributed by atoms with E-state index >= 15 is 0 Å². The van der Waals surface area contributed by atoms with E-state index in [1.807, 2.05) is 0 Å². The van der Waals surface area contributed by atoms with Crippen LogP contribution < -0.4 is 0 Å². The summed E-state index contributed by atoms with van der Waals surface area (Å²) in [5.74, 6) is 3.86. The molecular formula is C11H12B2BrN3O2Si. The van der Waals surface area contributed by atoms with Crippen molar-refractivity contribution < 1.29 is 9.31 Å². The van der Waals surface area contributed by atoms with Crippen LogP contribution in [-0.2, 0) is 14.9 Å². The molecule has 0 amide bonds. The Labute approximate surface area is 128 Å². The lowest BCUT2D eigenvalue weighted by molar-refractivity contribution is 0.325. The molecule has 1 atom stereocenters. The second kappa shape index (κ2) is 4.72. The zero-order valence-corrected chi connectivity index (χ0v) is 14.1. The van der Waals surface area contributed by atoms with Gasteiger partial charge >= 0.3 is 15.0 Å². The van der Waals surface area contributed by atoms with E-state index in [9.17, 15) is 0 Å². The average Bonchev–Trinajstić information content (AvgIpc) is 3.25. The summed E-state index contributed by atoms with van der Waals surface area (Å²) >= 11 is 3.34. The number of hydrogen-bond acceptors (Lipinski definition) is 5. The predicted molar refractivity (Wildman–Crippen MR) is 85.5 cm³/mol. The molecule has 100 valence electrons. The lowest BCUT2D eigenvalue weighted by Gasteiger charge is -2.09.